The molecule has 1 aromatic rings. The van der Waals surface area contributed by atoms with Gasteiger partial charge < -0.3 is 10.0 Å². The van der Waals surface area contributed by atoms with E-state index in [4.69, 9.17) is 0 Å². The van der Waals surface area contributed by atoms with E-state index in [1.165, 1.54) is 6.07 Å². The largest absolute Gasteiger partial charge is 0.393 e. The molecule has 2 fully saturated rings. The molecule has 0 saturated heterocycles. The summed E-state index contributed by atoms with van der Waals surface area (Å²) in [5, 5.41) is 9.84. The first-order chi connectivity index (χ1) is 10.5. The molecule has 0 radical (unpaired) electrons. The molecule has 1 N–H and O–H groups in total. The Labute approximate surface area is 128 Å². The van der Waals surface area contributed by atoms with Gasteiger partial charge in [-0.2, -0.15) is 0 Å². The van der Waals surface area contributed by atoms with Crippen LogP contribution >= 0.6 is 0 Å². The summed E-state index contributed by atoms with van der Waals surface area (Å²) in [6.07, 6.45) is 2.97. The Morgan fingerprint density at radius 2 is 2.14 bits per heavy atom. The van der Waals surface area contributed by atoms with Crippen LogP contribution in [0.2, 0.25) is 0 Å². The van der Waals surface area contributed by atoms with Crippen LogP contribution in [0.5, 0.6) is 0 Å². The quantitative estimate of drug-likeness (QED) is 0.929. The maximum absolute atomic E-state index is 13.8. The fourth-order valence-corrected chi connectivity index (χ4v) is 3.57. The lowest BCUT2D eigenvalue weighted by Crippen LogP contribution is -2.35. The third-order valence-electron chi connectivity index (χ3n) is 4.97. The van der Waals surface area contributed by atoms with Crippen LogP contribution in [-0.2, 0) is 4.79 Å². The molecule has 1 aromatic carbocycles. The number of hydrogen-bond donors (Lipinski definition) is 1. The minimum Gasteiger partial charge on any atom is -0.393 e. The minimum atomic E-state index is -0.475. The molecule has 1 amide bonds. The van der Waals surface area contributed by atoms with E-state index in [2.05, 4.69) is 0 Å². The van der Waals surface area contributed by atoms with Crippen LogP contribution in [0.1, 0.15) is 37.2 Å². The zero-order chi connectivity index (χ0) is 15.9. The summed E-state index contributed by atoms with van der Waals surface area (Å²) in [5.41, 5.74) is 0.299. The number of carbonyl (C=O) groups is 1. The van der Waals surface area contributed by atoms with Crippen LogP contribution in [-0.4, -0.2) is 35.6 Å². The number of hydrogen-bond acceptors (Lipinski definition) is 2. The molecule has 5 heteroatoms. The molecule has 0 spiro atoms. The van der Waals surface area contributed by atoms with Gasteiger partial charge in [-0.1, -0.05) is 6.42 Å². The zero-order valence-electron chi connectivity index (χ0n) is 12.6. The fourth-order valence-electron chi connectivity index (χ4n) is 3.57. The molecule has 0 aromatic heterocycles. The molecular weight excluding hydrogens is 288 g/mol. The highest BCUT2D eigenvalue weighted by atomic mass is 19.1. The summed E-state index contributed by atoms with van der Waals surface area (Å²) in [6, 6.07) is 3.39. The Hall–Kier alpha value is -1.49. The second-order valence-electron chi connectivity index (χ2n) is 6.59. The number of aliphatic hydroxyl groups excluding tert-OH is 1. The van der Waals surface area contributed by atoms with Crippen molar-refractivity contribution in [2.24, 2.45) is 11.8 Å². The number of aliphatic hydroxyl groups is 1. The molecule has 4 atom stereocenters. The number of nitrogens with zero attached hydrogens (tertiary/aromatic N) is 1. The second-order valence-corrected chi connectivity index (χ2v) is 6.59. The van der Waals surface area contributed by atoms with Crippen molar-refractivity contribution in [2.75, 3.05) is 13.6 Å². The lowest BCUT2D eigenvalue weighted by atomic mass is 10.0. The highest BCUT2D eigenvalue weighted by molar-refractivity contribution is 5.82. The third-order valence-corrected chi connectivity index (χ3v) is 4.97. The smallest absolute Gasteiger partial charge is 0.226 e. The van der Waals surface area contributed by atoms with Crippen molar-refractivity contribution < 1.29 is 18.7 Å². The topological polar surface area (TPSA) is 40.5 Å². The molecule has 0 bridgehead atoms. The summed E-state index contributed by atoms with van der Waals surface area (Å²) < 4.78 is 27.0. The number of halogens is 2. The van der Waals surface area contributed by atoms with Crippen molar-refractivity contribution >= 4 is 5.91 Å². The number of benzene rings is 1. The predicted molar refractivity (Wildman–Crippen MR) is 78.2 cm³/mol. The van der Waals surface area contributed by atoms with Crippen molar-refractivity contribution in [3.63, 3.8) is 0 Å². The van der Waals surface area contributed by atoms with Gasteiger partial charge in [0.2, 0.25) is 5.91 Å². The van der Waals surface area contributed by atoms with Crippen LogP contribution in [0.3, 0.4) is 0 Å². The summed E-state index contributed by atoms with van der Waals surface area (Å²) in [4.78, 5) is 14.0. The minimum absolute atomic E-state index is 0.0345. The van der Waals surface area contributed by atoms with E-state index in [0.29, 0.717) is 18.5 Å². The SMILES string of the molecule is CN(CC1CCCC1O)C(=O)C1CC1c1cc(F)ccc1F. The van der Waals surface area contributed by atoms with E-state index in [1.54, 1.807) is 11.9 Å². The Bertz CT molecular complexity index is 578. The highest BCUT2D eigenvalue weighted by Gasteiger charge is 2.46. The molecule has 0 aliphatic heterocycles. The van der Waals surface area contributed by atoms with Crippen LogP contribution in [0, 0.1) is 23.5 Å². The Morgan fingerprint density at radius 1 is 1.36 bits per heavy atom. The lowest BCUT2D eigenvalue weighted by molar-refractivity contribution is -0.132. The summed E-state index contributed by atoms with van der Waals surface area (Å²) in [7, 11) is 1.73. The van der Waals surface area contributed by atoms with E-state index in [1.807, 2.05) is 0 Å². The number of carbonyl (C=O) groups excluding carboxylic acids is 1. The van der Waals surface area contributed by atoms with Gasteiger partial charge >= 0.3 is 0 Å². The van der Waals surface area contributed by atoms with Crippen molar-refractivity contribution in [1.29, 1.82) is 0 Å². The molecule has 0 heterocycles. The molecule has 2 aliphatic carbocycles. The molecule has 2 aliphatic rings. The third kappa shape index (κ3) is 3.00. The average Bonchev–Trinajstić information content (AvgIpc) is 3.18. The van der Waals surface area contributed by atoms with Crippen LogP contribution in [0.4, 0.5) is 8.78 Å². The van der Waals surface area contributed by atoms with E-state index in [0.717, 1.165) is 31.4 Å². The van der Waals surface area contributed by atoms with Gasteiger partial charge in [-0.05, 0) is 48.9 Å². The summed E-state index contributed by atoms with van der Waals surface area (Å²) in [6.45, 7) is 0.537. The van der Waals surface area contributed by atoms with Crippen molar-refractivity contribution in [1.82, 2.24) is 4.90 Å². The molecule has 2 saturated carbocycles. The molecule has 3 nitrogen and oxygen atoms in total. The molecule has 4 unspecified atom stereocenters. The molecule has 3 rings (SSSR count). The molecule has 22 heavy (non-hydrogen) atoms. The van der Waals surface area contributed by atoms with E-state index >= 15 is 0 Å². The first-order valence-corrected chi connectivity index (χ1v) is 7.85. The van der Waals surface area contributed by atoms with Gasteiger partial charge in [0.25, 0.3) is 0 Å². The maximum atomic E-state index is 13.8. The first kappa shape index (κ1) is 15.4. The van der Waals surface area contributed by atoms with E-state index in [9.17, 15) is 18.7 Å². The maximum Gasteiger partial charge on any atom is 0.226 e. The summed E-state index contributed by atoms with van der Waals surface area (Å²) >= 11 is 0. The van der Waals surface area contributed by atoms with Crippen LogP contribution in [0.25, 0.3) is 0 Å². The van der Waals surface area contributed by atoms with Crippen LogP contribution < -0.4 is 0 Å². The van der Waals surface area contributed by atoms with E-state index in [-0.39, 0.29) is 29.8 Å². The molecule has 120 valence electrons. The zero-order valence-corrected chi connectivity index (χ0v) is 12.6. The van der Waals surface area contributed by atoms with Crippen LogP contribution in [0.15, 0.2) is 18.2 Å². The van der Waals surface area contributed by atoms with Crippen molar-refractivity contribution in [3.8, 4) is 0 Å². The van der Waals surface area contributed by atoms with Gasteiger partial charge in [0.1, 0.15) is 11.6 Å². The van der Waals surface area contributed by atoms with Gasteiger partial charge in [0.05, 0.1) is 6.10 Å². The monoisotopic (exact) mass is 309 g/mol. The standard InChI is InChI=1S/C17H21F2NO2/c1-20(9-10-3-2-4-16(10)21)17(22)14-8-12(14)13-7-11(18)5-6-15(13)19/h5-7,10,12,14,16,21H,2-4,8-9H2,1H3. The van der Waals surface area contributed by atoms with Crippen molar-refractivity contribution in [3.05, 3.63) is 35.4 Å². The fraction of sp³-hybridized carbons (Fsp3) is 0.588. The average molecular weight is 309 g/mol. The Kier molecular flexibility index (Phi) is 4.17. The van der Waals surface area contributed by atoms with Gasteiger partial charge in [0.15, 0.2) is 0 Å². The van der Waals surface area contributed by atoms with Gasteiger partial charge in [-0.15, -0.1) is 0 Å². The molecular formula is C17H21F2NO2. The Balaban J connectivity index is 1.61. The highest BCUT2D eigenvalue weighted by Crippen LogP contribution is 2.49. The normalized spacial score (nSPS) is 30.4. The van der Waals surface area contributed by atoms with Gasteiger partial charge in [-0.25, -0.2) is 8.78 Å². The van der Waals surface area contributed by atoms with Gasteiger partial charge in [-0.3, -0.25) is 4.79 Å². The Morgan fingerprint density at radius 3 is 2.82 bits per heavy atom. The first-order valence-electron chi connectivity index (χ1n) is 7.85. The number of amides is 1. The lowest BCUT2D eigenvalue weighted by Gasteiger charge is -2.23. The predicted octanol–water partition coefficient (Wildman–Crippen LogP) is 2.69. The second kappa shape index (κ2) is 5.95. The number of rotatable bonds is 4. The van der Waals surface area contributed by atoms with E-state index < -0.39 is 11.6 Å². The van der Waals surface area contributed by atoms with Gasteiger partial charge in [0, 0.05) is 25.4 Å². The summed E-state index contributed by atoms with van der Waals surface area (Å²) in [5.74, 6) is -1.31. The van der Waals surface area contributed by atoms with Crippen molar-refractivity contribution in [2.45, 2.75) is 37.7 Å².